The molecule has 2 heterocycles. The summed E-state index contributed by atoms with van der Waals surface area (Å²) in [7, 11) is 0. The maximum absolute atomic E-state index is 13.0. The third-order valence-electron chi connectivity index (χ3n) is 6.53. The van der Waals surface area contributed by atoms with E-state index in [9.17, 15) is 19.5 Å². The molecule has 9 nitrogen and oxygen atoms in total. The lowest BCUT2D eigenvalue weighted by Crippen LogP contribution is -2.40. The van der Waals surface area contributed by atoms with E-state index in [1.165, 1.54) is 12.1 Å². The molecule has 0 unspecified atom stereocenters. The van der Waals surface area contributed by atoms with Crippen LogP contribution in [0, 0.1) is 11.3 Å². The number of hydrogen-bond acceptors (Lipinski definition) is 8. The van der Waals surface area contributed by atoms with E-state index in [0.717, 1.165) is 37.4 Å². The Morgan fingerprint density at radius 3 is 2.50 bits per heavy atom. The summed E-state index contributed by atoms with van der Waals surface area (Å²) >= 11 is 0.806. The highest BCUT2D eigenvalue weighted by molar-refractivity contribution is 8.18. The second-order valence-corrected chi connectivity index (χ2v) is 10.9. The minimum atomic E-state index is -0.464. The zero-order chi connectivity index (χ0) is 24.6. The van der Waals surface area contributed by atoms with Gasteiger partial charge in [-0.15, -0.1) is 0 Å². The Balaban J connectivity index is 1.42. The van der Waals surface area contributed by atoms with Crippen LogP contribution in [-0.2, 0) is 9.59 Å². The number of rotatable bonds is 4. The van der Waals surface area contributed by atoms with Crippen molar-refractivity contribution in [2.45, 2.75) is 59.4 Å². The van der Waals surface area contributed by atoms with Crippen molar-refractivity contribution >= 4 is 52.0 Å². The van der Waals surface area contributed by atoms with E-state index >= 15 is 0 Å². The van der Waals surface area contributed by atoms with E-state index in [2.05, 4.69) is 41.7 Å². The number of benzene rings is 1. The normalized spacial score (nSPS) is 25.8. The quantitative estimate of drug-likeness (QED) is 0.333. The van der Waals surface area contributed by atoms with Crippen LogP contribution in [0.25, 0.3) is 6.08 Å². The minimum Gasteiger partial charge on any atom is -0.506 e. The summed E-state index contributed by atoms with van der Waals surface area (Å²) in [6.07, 6.45) is 5.50. The van der Waals surface area contributed by atoms with Crippen molar-refractivity contribution in [3.63, 3.8) is 0 Å². The van der Waals surface area contributed by atoms with Crippen molar-refractivity contribution in [3.05, 3.63) is 28.7 Å². The molecule has 1 saturated carbocycles. The lowest BCUT2D eigenvalue weighted by molar-refractivity contribution is -0.126. The van der Waals surface area contributed by atoms with Gasteiger partial charge in [-0.1, -0.05) is 26.8 Å². The number of hydrogen-bond donors (Lipinski definition) is 3. The number of thioether (sulfide) groups is 1. The van der Waals surface area contributed by atoms with Crippen molar-refractivity contribution in [2.24, 2.45) is 21.5 Å². The van der Waals surface area contributed by atoms with Crippen LogP contribution in [0.3, 0.4) is 0 Å². The van der Waals surface area contributed by atoms with Crippen molar-refractivity contribution < 1.29 is 19.5 Å². The number of phenols is 1. The van der Waals surface area contributed by atoms with Gasteiger partial charge in [0.25, 0.3) is 17.1 Å². The molecule has 1 aromatic carbocycles. The lowest BCUT2D eigenvalue weighted by Gasteiger charge is -2.38. The molecular formula is C24H29N5O4S. The number of imide groups is 1. The largest absolute Gasteiger partial charge is 0.506 e. The first kappa shape index (κ1) is 24.0. The highest BCUT2D eigenvalue weighted by atomic mass is 32.2. The molecule has 3 amide bonds. The molecule has 1 aromatic rings. The first-order valence-electron chi connectivity index (χ1n) is 11.3. The van der Waals surface area contributed by atoms with Crippen molar-refractivity contribution in [3.8, 4) is 5.75 Å². The monoisotopic (exact) mass is 483 g/mol. The molecule has 0 aromatic heterocycles. The lowest BCUT2D eigenvalue weighted by atomic mass is 9.71. The Morgan fingerprint density at radius 1 is 1.21 bits per heavy atom. The Hall–Kier alpha value is -3.14. The van der Waals surface area contributed by atoms with E-state index < -0.39 is 11.1 Å². The van der Waals surface area contributed by atoms with Crippen LogP contribution in [0.15, 0.2) is 33.3 Å². The van der Waals surface area contributed by atoms with E-state index in [1.807, 2.05) is 0 Å². The number of anilines is 1. The van der Waals surface area contributed by atoms with Crippen LogP contribution in [0.1, 0.15) is 58.9 Å². The summed E-state index contributed by atoms with van der Waals surface area (Å²) in [6.45, 7) is 8.55. The van der Waals surface area contributed by atoms with Gasteiger partial charge in [-0.25, -0.2) is 5.01 Å². The molecule has 0 radical (unpaired) electrons. The molecule has 3 aliphatic rings. The van der Waals surface area contributed by atoms with Crippen molar-refractivity contribution in [2.75, 3.05) is 5.43 Å². The molecule has 34 heavy (non-hydrogen) atoms. The second-order valence-electron chi connectivity index (χ2n) is 9.91. The number of nitrogens with one attached hydrogen (secondary N) is 2. The average molecular weight is 484 g/mol. The van der Waals surface area contributed by atoms with E-state index in [-0.39, 0.29) is 33.7 Å². The fourth-order valence-corrected chi connectivity index (χ4v) is 5.18. The van der Waals surface area contributed by atoms with Gasteiger partial charge in [-0.2, -0.15) is 10.2 Å². The van der Waals surface area contributed by atoms with E-state index in [4.69, 9.17) is 0 Å². The number of amides is 3. The van der Waals surface area contributed by atoms with Gasteiger partial charge in [0.15, 0.2) is 5.71 Å². The summed E-state index contributed by atoms with van der Waals surface area (Å²) in [5, 5.41) is 22.4. The number of nitrogens with zero attached hydrogens (tertiary/aromatic N) is 3. The summed E-state index contributed by atoms with van der Waals surface area (Å²) in [5.74, 6) is -0.163. The van der Waals surface area contributed by atoms with Crippen LogP contribution in [0.2, 0.25) is 0 Å². The zero-order valence-electron chi connectivity index (χ0n) is 19.7. The van der Waals surface area contributed by atoms with Gasteiger partial charge in [0.1, 0.15) is 5.75 Å². The highest BCUT2D eigenvalue weighted by Crippen LogP contribution is 2.39. The number of carbonyl (C=O) groups is 3. The second kappa shape index (κ2) is 9.25. The van der Waals surface area contributed by atoms with Crippen LogP contribution in [0.4, 0.5) is 10.5 Å². The minimum absolute atomic E-state index is 0.0759. The fraction of sp³-hybridized carbons (Fsp3) is 0.458. The average Bonchev–Trinajstić information content (AvgIpc) is 3.23. The third kappa shape index (κ3) is 5.01. The van der Waals surface area contributed by atoms with Crippen LogP contribution < -0.4 is 10.7 Å². The standard InChI is InChI=1S/C24H29N5O4S/c1-13-20(22(32)29(28-13)16-8-6-15(7-9-16)24(2,3)4)27-26-17-10-5-14(11-18(17)30)12-19-21(31)25-23(33)34-19/h5,10-12,15-16,26,30H,6-9H2,1-4H3,(H,25,31,33). The van der Waals surface area contributed by atoms with Gasteiger partial charge in [-0.3, -0.25) is 25.1 Å². The van der Waals surface area contributed by atoms with Gasteiger partial charge in [0.05, 0.1) is 22.3 Å². The summed E-state index contributed by atoms with van der Waals surface area (Å²) in [4.78, 5) is 36.2. The molecule has 3 N–H and O–H groups in total. The van der Waals surface area contributed by atoms with Gasteiger partial charge >= 0.3 is 0 Å². The molecule has 180 valence electrons. The summed E-state index contributed by atoms with van der Waals surface area (Å²) in [6, 6.07) is 4.78. The van der Waals surface area contributed by atoms with Crippen LogP contribution in [0.5, 0.6) is 5.75 Å². The van der Waals surface area contributed by atoms with Gasteiger partial charge < -0.3 is 5.11 Å². The molecule has 0 atom stereocenters. The smallest absolute Gasteiger partial charge is 0.296 e. The number of hydrazone groups is 2. The zero-order valence-corrected chi connectivity index (χ0v) is 20.5. The molecular weight excluding hydrogens is 454 g/mol. The number of carbonyl (C=O) groups excluding carboxylic acids is 3. The SMILES string of the molecule is CC1=NN(C2CCC(C(C)(C)C)CC2)C(=O)C1=NNc1ccc(C=C2SC(=O)NC2=O)cc1O. The molecule has 2 fully saturated rings. The summed E-state index contributed by atoms with van der Waals surface area (Å²) in [5.41, 5.74) is 4.63. The molecule has 2 aliphatic heterocycles. The Morgan fingerprint density at radius 2 is 1.91 bits per heavy atom. The van der Waals surface area contributed by atoms with Crippen LogP contribution >= 0.6 is 11.8 Å². The predicted octanol–water partition coefficient (Wildman–Crippen LogP) is 4.31. The topological polar surface area (TPSA) is 123 Å². The molecule has 0 spiro atoms. The van der Waals surface area contributed by atoms with Crippen molar-refractivity contribution in [1.29, 1.82) is 0 Å². The highest BCUT2D eigenvalue weighted by Gasteiger charge is 2.38. The Bertz CT molecular complexity index is 1130. The van der Waals surface area contributed by atoms with Gasteiger partial charge in [0.2, 0.25) is 0 Å². The predicted molar refractivity (Wildman–Crippen MR) is 133 cm³/mol. The Labute approximate surface area is 202 Å². The van der Waals surface area contributed by atoms with Gasteiger partial charge in [-0.05, 0) is 79.5 Å². The summed E-state index contributed by atoms with van der Waals surface area (Å²) < 4.78 is 0. The molecule has 1 saturated heterocycles. The number of aromatic hydroxyl groups is 1. The maximum atomic E-state index is 13.0. The van der Waals surface area contributed by atoms with E-state index in [1.54, 1.807) is 24.1 Å². The molecule has 10 heteroatoms. The molecule has 1 aliphatic carbocycles. The van der Waals surface area contributed by atoms with Gasteiger partial charge in [0, 0.05) is 0 Å². The molecule has 0 bridgehead atoms. The third-order valence-corrected chi connectivity index (χ3v) is 7.34. The number of phenolic OH excluding ortho intramolecular Hbond substituents is 1. The fourth-order valence-electron chi connectivity index (χ4n) is 4.50. The first-order chi connectivity index (χ1) is 16.0. The van der Waals surface area contributed by atoms with E-state index in [0.29, 0.717) is 22.9 Å². The Kier molecular flexibility index (Phi) is 6.53. The van der Waals surface area contributed by atoms with Crippen LogP contribution in [-0.4, -0.2) is 44.6 Å². The molecule has 4 rings (SSSR count). The first-order valence-corrected chi connectivity index (χ1v) is 12.2. The van der Waals surface area contributed by atoms with Crippen molar-refractivity contribution in [1.82, 2.24) is 10.3 Å². The maximum Gasteiger partial charge on any atom is 0.296 e.